The molecule has 0 spiro atoms. The van der Waals surface area contributed by atoms with Crippen molar-refractivity contribution in [3.05, 3.63) is 101 Å². The minimum atomic E-state index is -0.0859. The number of thioether (sulfide) groups is 1. The lowest BCUT2D eigenvalue weighted by Crippen LogP contribution is -2.25. The van der Waals surface area contributed by atoms with E-state index in [2.05, 4.69) is 5.32 Å². The van der Waals surface area contributed by atoms with Crippen LogP contribution in [0.25, 0.3) is 0 Å². The van der Waals surface area contributed by atoms with Gasteiger partial charge >= 0.3 is 0 Å². The second-order valence-electron chi connectivity index (χ2n) is 6.24. The second kappa shape index (κ2) is 10.8. The summed E-state index contributed by atoms with van der Waals surface area (Å²) in [7, 11) is 0. The number of benzene rings is 3. The van der Waals surface area contributed by atoms with Crippen LogP contribution < -0.4 is 10.1 Å². The first-order chi connectivity index (χ1) is 13.7. The van der Waals surface area contributed by atoms with Crippen LogP contribution in [0, 0.1) is 0 Å². The van der Waals surface area contributed by atoms with Crippen LogP contribution in [0.4, 0.5) is 0 Å². The molecule has 0 saturated heterocycles. The summed E-state index contributed by atoms with van der Waals surface area (Å²) >= 11 is 7.66. The highest BCUT2D eigenvalue weighted by Gasteiger charge is 2.06. The molecule has 3 rings (SSSR count). The molecular weight excluding hydrogens is 390 g/mol. The lowest BCUT2D eigenvalue weighted by molar-refractivity contribution is 0.0955. The summed E-state index contributed by atoms with van der Waals surface area (Å²) in [5, 5.41) is 3.71. The number of halogens is 1. The Morgan fingerprint density at radius 1 is 0.929 bits per heavy atom. The zero-order valence-electron chi connectivity index (χ0n) is 15.4. The molecule has 3 aromatic rings. The van der Waals surface area contributed by atoms with Crippen LogP contribution in [-0.4, -0.2) is 18.2 Å². The molecule has 144 valence electrons. The third-order valence-corrected chi connectivity index (χ3v) is 5.34. The number of amides is 1. The van der Waals surface area contributed by atoms with E-state index in [4.69, 9.17) is 16.3 Å². The van der Waals surface area contributed by atoms with Gasteiger partial charge in [-0.1, -0.05) is 60.1 Å². The van der Waals surface area contributed by atoms with Gasteiger partial charge in [0, 0.05) is 28.6 Å². The Labute approximate surface area is 175 Å². The molecule has 0 unspecified atom stereocenters. The number of carbonyl (C=O) groups excluding carboxylic acids is 1. The molecule has 3 aromatic carbocycles. The average Bonchev–Trinajstić information content (AvgIpc) is 2.74. The summed E-state index contributed by atoms with van der Waals surface area (Å²) in [5.74, 6) is 2.35. The molecule has 0 aliphatic rings. The number of hydrogen-bond acceptors (Lipinski definition) is 3. The number of ether oxygens (including phenoxy) is 1. The topological polar surface area (TPSA) is 38.3 Å². The van der Waals surface area contributed by atoms with Crippen molar-refractivity contribution in [3.8, 4) is 5.75 Å². The van der Waals surface area contributed by atoms with Gasteiger partial charge in [0.2, 0.25) is 0 Å². The fourth-order valence-electron chi connectivity index (χ4n) is 2.58. The van der Waals surface area contributed by atoms with Crippen LogP contribution in [0.15, 0.2) is 78.9 Å². The maximum absolute atomic E-state index is 12.4. The Morgan fingerprint density at radius 3 is 2.50 bits per heavy atom. The van der Waals surface area contributed by atoms with Crippen molar-refractivity contribution in [1.82, 2.24) is 5.32 Å². The van der Waals surface area contributed by atoms with Crippen LogP contribution in [0.1, 0.15) is 21.5 Å². The van der Waals surface area contributed by atoms with E-state index in [9.17, 15) is 4.79 Å². The molecule has 0 aliphatic carbocycles. The predicted molar refractivity (Wildman–Crippen MR) is 117 cm³/mol. The monoisotopic (exact) mass is 411 g/mol. The molecule has 0 fully saturated rings. The fraction of sp³-hybridized carbons (Fsp3) is 0.174. The zero-order chi connectivity index (χ0) is 19.6. The van der Waals surface area contributed by atoms with E-state index in [1.807, 2.05) is 66.7 Å². The Hall–Kier alpha value is -2.43. The molecule has 0 radical (unpaired) electrons. The van der Waals surface area contributed by atoms with Crippen LogP contribution >= 0.6 is 23.4 Å². The number of rotatable bonds is 9. The van der Waals surface area contributed by atoms with Gasteiger partial charge in [-0.3, -0.25) is 4.79 Å². The highest BCUT2D eigenvalue weighted by atomic mass is 35.5. The Balaban J connectivity index is 1.40. The van der Waals surface area contributed by atoms with E-state index in [0.29, 0.717) is 24.5 Å². The summed E-state index contributed by atoms with van der Waals surface area (Å²) < 4.78 is 5.79. The fourth-order valence-corrected chi connectivity index (χ4v) is 3.52. The smallest absolute Gasteiger partial charge is 0.251 e. The van der Waals surface area contributed by atoms with Gasteiger partial charge in [-0.2, -0.15) is 11.8 Å². The van der Waals surface area contributed by atoms with Crippen LogP contribution in [0.2, 0.25) is 5.02 Å². The van der Waals surface area contributed by atoms with Gasteiger partial charge in [0.15, 0.2) is 0 Å². The highest BCUT2D eigenvalue weighted by Crippen LogP contribution is 2.16. The third kappa shape index (κ3) is 6.63. The molecule has 3 nitrogen and oxygen atoms in total. The summed E-state index contributed by atoms with van der Waals surface area (Å²) in [6, 6.07) is 25.1. The average molecular weight is 412 g/mol. The van der Waals surface area contributed by atoms with Crippen molar-refractivity contribution in [2.24, 2.45) is 0 Å². The van der Waals surface area contributed by atoms with E-state index in [-0.39, 0.29) is 5.91 Å². The maximum Gasteiger partial charge on any atom is 0.251 e. The van der Waals surface area contributed by atoms with Crippen LogP contribution in [0.5, 0.6) is 5.75 Å². The number of carbonyl (C=O) groups is 1. The first-order valence-corrected chi connectivity index (χ1v) is 10.6. The first-order valence-electron chi connectivity index (χ1n) is 9.08. The maximum atomic E-state index is 12.4. The van der Waals surface area contributed by atoms with Crippen LogP contribution in [0.3, 0.4) is 0 Å². The van der Waals surface area contributed by atoms with Crippen molar-refractivity contribution in [1.29, 1.82) is 0 Å². The van der Waals surface area contributed by atoms with E-state index >= 15 is 0 Å². The Bertz CT molecular complexity index is 885. The molecule has 1 amide bonds. The van der Waals surface area contributed by atoms with E-state index in [1.165, 1.54) is 5.56 Å². The molecule has 0 aromatic heterocycles. The van der Waals surface area contributed by atoms with Gasteiger partial charge in [-0.15, -0.1) is 0 Å². The summed E-state index contributed by atoms with van der Waals surface area (Å²) in [6.45, 7) is 1.10. The highest BCUT2D eigenvalue weighted by molar-refractivity contribution is 7.98. The molecule has 5 heteroatoms. The number of nitrogens with one attached hydrogen (secondary N) is 1. The molecule has 0 bridgehead atoms. The minimum Gasteiger partial charge on any atom is -0.489 e. The second-order valence-corrected chi connectivity index (χ2v) is 7.78. The lowest BCUT2D eigenvalue weighted by atomic mass is 10.2. The normalized spacial score (nSPS) is 10.5. The Morgan fingerprint density at radius 2 is 1.71 bits per heavy atom. The molecule has 28 heavy (non-hydrogen) atoms. The third-order valence-electron chi connectivity index (χ3n) is 4.06. The van der Waals surface area contributed by atoms with Crippen molar-refractivity contribution in [2.45, 2.75) is 12.4 Å². The molecule has 0 saturated carbocycles. The summed E-state index contributed by atoms with van der Waals surface area (Å²) in [6.07, 6.45) is 0. The lowest BCUT2D eigenvalue weighted by Gasteiger charge is -2.09. The quantitative estimate of drug-likeness (QED) is 0.467. The minimum absolute atomic E-state index is 0.0859. The van der Waals surface area contributed by atoms with Gasteiger partial charge in [-0.25, -0.2) is 0 Å². The van der Waals surface area contributed by atoms with E-state index in [0.717, 1.165) is 22.1 Å². The summed E-state index contributed by atoms with van der Waals surface area (Å²) in [4.78, 5) is 12.4. The Kier molecular flexibility index (Phi) is 7.82. The van der Waals surface area contributed by atoms with Crippen molar-refractivity contribution in [3.63, 3.8) is 0 Å². The zero-order valence-corrected chi connectivity index (χ0v) is 17.0. The largest absolute Gasteiger partial charge is 0.489 e. The molecule has 1 N–H and O–H groups in total. The van der Waals surface area contributed by atoms with Crippen molar-refractivity contribution < 1.29 is 9.53 Å². The van der Waals surface area contributed by atoms with E-state index < -0.39 is 0 Å². The molecule has 0 atom stereocenters. The van der Waals surface area contributed by atoms with Crippen LogP contribution in [-0.2, 0) is 12.4 Å². The first kappa shape index (κ1) is 20.3. The van der Waals surface area contributed by atoms with Gasteiger partial charge in [0.25, 0.3) is 5.91 Å². The summed E-state index contributed by atoms with van der Waals surface area (Å²) in [5.41, 5.74) is 2.92. The van der Waals surface area contributed by atoms with Gasteiger partial charge in [0.1, 0.15) is 12.4 Å². The SMILES string of the molecule is O=C(NCCSCc1ccc(Cl)cc1)c1cccc(OCc2ccccc2)c1. The van der Waals surface area contributed by atoms with Crippen molar-refractivity contribution >= 4 is 29.3 Å². The molecule has 0 heterocycles. The molecule has 0 aliphatic heterocycles. The van der Waals surface area contributed by atoms with E-state index in [1.54, 1.807) is 23.9 Å². The van der Waals surface area contributed by atoms with Crippen molar-refractivity contribution in [2.75, 3.05) is 12.3 Å². The predicted octanol–water partition coefficient (Wildman–Crippen LogP) is 5.58. The van der Waals surface area contributed by atoms with Gasteiger partial charge < -0.3 is 10.1 Å². The van der Waals surface area contributed by atoms with Gasteiger partial charge in [0.05, 0.1) is 0 Å². The number of hydrogen-bond donors (Lipinski definition) is 1. The standard InChI is InChI=1S/C23H22ClNO2S/c24-21-11-9-19(10-12-21)17-28-14-13-25-23(26)20-7-4-8-22(15-20)27-16-18-5-2-1-3-6-18/h1-12,15H,13-14,16-17H2,(H,25,26). The molecular formula is C23H22ClNO2S. The van der Waals surface area contributed by atoms with Gasteiger partial charge in [-0.05, 0) is 41.5 Å².